The van der Waals surface area contributed by atoms with Crippen LogP contribution in [0.25, 0.3) is 0 Å². The van der Waals surface area contributed by atoms with E-state index in [0.717, 1.165) is 44.9 Å². The minimum Gasteiger partial charge on any atom is -0.466 e. The zero-order valence-electron chi connectivity index (χ0n) is 56.5. The van der Waals surface area contributed by atoms with E-state index in [2.05, 4.69) is 43.5 Å². The highest BCUT2D eigenvalue weighted by Crippen LogP contribution is 2.20. The standard InChI is InChI=1S/C77H149NO5/c1-3-5-7-9-11-13-15-17-18-19-20-21-33-36-39-42-46-49-53-57-61-65-69-75(80)74(73-79)78-76(81)70-66-62-58-54-50-47-43-40-37-34-31-29-27-25-23-22-24-26-28-30-32-35-38-41-44-48-52-56-60-64-68-72-83-77(82)71-67-63-59-55-51-45-16-14-12-10-8-6-4-2/h24,26,30,32,74-75,79-80H,3-23,25,27-29,31,33-73H2,1-2H3,(H,78,81)/b26-24-,32-30-. The molecule has 0 bridgehead atoms. The number of unbranched alkanes of at least 4 members (excludes halogenated alkanes) is 57. The number of amides is 1. The zero-order chi connectivity index (χ0) is 59.9. The van der Waals surface area contributed by atoms with Crippen LogP contribution < -0.4 is 5.32 Å². The van der Waals surface area contributed by atoms with Gasteiger partial charge in [-0.2, -0.15) is 0 Å². The highest BCUT2D eigenvalue weighted by molar-refractivity contribution is 5.76. The van der Waals surface area contributed by atoms with E-state index in [4.69, 9.17) is 4.74 Å². The van der Waals surface area contributed by atoms with Gasteiger partial charge < -0.3 is 20.3 Å². The molecule has 2 atom stereocenters. The van der Waals surface area contributed by atoms with E-state index in [1.807, 2.05) is 0 Å². The fraction of sp³-hybridized carbons (Fsp3) is 0.922. The Balaban J connectivity index is 3.39. The Morgan fingerprint density at radius 1 is 0.337 bits per heavy atom. The van der Waals surface area contributed by atoms with Crippen LogP contribution in [0, 0.1) is 0 Å². The molecular formula is C77H149NO5. The molecule has 0 aliphatic rings. The van der Waals surface area contributed by atoms with E-state index in [1.54, 1.807) is 0 Å². The largest absolute Gasteiger partial charge is 0.466 e. The molecule has 6 heteroatoms. The molecule has 0 rings (SSSR count). The van der Waals surface area contributed by atoms with E-state index >= 15 is 0 Å². The molecule has 6 nitrogen and oxygen atoms in total. The molecule has 2 unspecified atom stereocenters. The monoisotopic (exact) mass is 1170 g/mol. The Kier molecular flexibility index (Phi) is 71.4. The first kappa shape index (κ1) is 81.3. The van der Waals surface area contributed by atoms with E-state index in [9.17, 15) is 19.8 Å². The van der Waals surface area contributed by atoms with Gasteiger partial charge in [-0.3, -0.25) is 9.59 Å². The number of hydrogen-bond acceptors (Lipinski definition) is 5. The Morgan fingerprint density at radius 3 is 0.916 bits per heavy atom. The number of aliphatic hydroxyl groups is 2. The molecule has 0 aromatic rings. The molecule has 0 saturated heterocycles. The van der Waals surface area contributed by atoms with E-state index in [0.29, 0.717) is 25.9 Å². The number of carbonyl (C=O) groups is 2. The van der Waals surface area contributed by atoms with Gasteiger partial charge in [0.25, 0.3) is 0 Å². The lowest BCUT2D eigenvalue weighted by molar-refractivity contribution is -0.143. The van der Waals surface area contributed by atoms with Crippen LogP contribution in [0.15, 0.2) is 24.3 Å². The molecule has 3 N–H and O–H groups in total. The number of nitrogens with one attached hydrogen (secondary N) is 1. The number of hydrogen-bond donors (Lipinski definition) is 3. The van der Waals surface area contributed by atoms with Gasteiger partial charge in [0.1, 0.15) is 0 Å². The number of carbonyl (C=O) groups excluding carboxylic acids is 2. The van der Waals surface area contributed by atoms with Crippen molar-refractivity contribution >= 4 is 11.9 Å². The Morgan fingerprint density at radius 2 is 0.602 bits per heavy atom. The molecular weight excluding hydrogens is 1020 g/mol. The summed E-state index contributed by atoms with van der Waals surface area (Å²) < 4.78 is 5.49. The van der Waals surface area contributed by atoms with Crippen molar-refractivity contribution in [2.24, 2.45) is 0 Å². The second-order valence-electron chi connectivity index (χ2n) is 26.3. The summed E-state index contributed by atoms with van der Waals surface area (Å²) in [6.45, 7) is 5.00. The predicted octanol–water partition coefficient (Wildman–Crippen LogP) is 24.9. The van der Waals surface area contributed by atoms with Gasteiger partial charge >= 0.3 is 5.97 Å². The fourth-order valence-electron chi connectivity index (χ4n) is 12.2. The summed E-state index contributed by atoms with van der Waals surface area (Å²) in [7, 11) is 0. The van der Waals surface area contributed by atoms with Crippen LogP contribution in [0.3, 0.4) is 0 Å². The summed E-state index contributed by atoms with van der Waals surface area (Å²) in [5.41, 5.74) is 0. The quantitative estimate of drug-likeness (QED) is 0.0320. The van der Waals surface area contributed by atoms with Crippen molar-refractivity contribution in [3.8, 4) is 0 Å². The third-order valence-corrected chi connectivity index (χ3v) is 18.0. The van der Waals surface area contributed by atoms with Crippen molar-refractivity contribution in [2.45, 2.75) is 443 Å². The molecule has 0 spiro atoms. The molecule has 492 valence electrons. The third kappa shape index (κ3) is 69.3. The van der Waals surface area contributed by atoms with Gasteiger partial charge in [-0.1, -0.05) is 385 Å². The number of aliphatic hydroxyl groups excluding tert-OH is 2. The first-order chi connectivity index (χ1) is 41.0. The normalized spacial score (nSPS) is 12.6. The van der Waals surface area contributed by atoms with E-state index in [-0.39, 0.29) is 18.5 Å². The molecule has 0 aliphatic carbocycles. The van der Waals surface area contributed by atoms with Gasteiger partial charge in [-0.25, -0.2) is 0 Å². The van der Waals surface area contributed by atoms with Gasteiger partial charge in [-0.15, -0.1) is 0 Å². The van der Waals surface area contributed by atoms with Crippen LogP contribution in [0.5, 0.6) is 0 Å². The molecule has 0 fully saturated rings. The van der Waals surface area contributed by atoms with E-state index < -0.39 is 12.1 Å². The van der Waals surface area contributed by atoms with Crippen molar-refractivity contribution in [3.63, 3.8) is 0 Å². The van der Waals surface area contributed by atoms with Crippen molar-refractivity contribution in [2.75, 3.05) is 13.2 Å². The molecule has 83 heavy (non-hydrogen) atoms. The van der Waals surface area contributed by atoms with Crippen LogP contribution in [-0.4, -0.2) is 47.4 Å². The minimum absolute atomic E-state index is 0.0156. The van der Waals surface area contributed by atoms with Crippen LogP contribution in [0.2, 0.25) is 0 Å². The molecule has 0 aromatic heterocycles. The van der Waals surface area contributed by atoms with Crippen molar-refractivity contribution < 1.29 is 24.5 Å². The maximum absolute atomic E-state index is 12.6. The predicted molar refractivity (Wildman–Crippen MR) is 366 cm³/mol. The molecule has 0 aromatic carbocycles. The third-order valence-electron chi connectivity index (χ3n) is 18.0. The average Bonchev–Trinajstić information content (AvgIpc) is 3.49. The molecule has 0 saturated carbocycles. The summed E-state index contributed by atoms with van der Waals surface area (Å²) >= 11 is 0. The first-order valence-corrected chi connectivity index (χ1v) is 38.1. The maximum atomic E-state index is 12.6. The minimum atomic E-state index is -0.665. The highest BCUT2D eigenvalue weighted by atomic mass is 16.5. The number of ether oxygens (including phenoxy) is 1. The molecule has 0 radical (unpaired) electrons. The lowest BCUT2D eigenvalue weighted by Gasteiger charge is -2.22. The first-order valence-electron chi connectivity index (χ1n) is 38.1. The van der Waals surface area contributed by atoms with Crippen molar-refractivity contribution in [1.82, 2.24) is 5.32 Å². The second-order valence-corrected chi connectivity index (χ2v) is 26.3. The summed E-state index contributed by atoms with van der Waals surface area (Å²) in [6, 6.07) is -0.542. The maximum Gasteiger partial charge on any atom is 0.305 e. The van der Waals surface area contributed by atoms with E-state index in [1.165, 1.54) is 353 Å². The number of esters is 1. The zero-order valence-corrected chi connectivity index (χ0v) is 56.5. The molecule has 0 aliphatic heterocycles. The second kappa shape index (κ2) is 72.8. The van der Waals surface area contributed by atoms with Crippen molar-refractivity contribution in [3.05, 3.63) is 24.3 Å². The Labute approximate surface area is 520 Å². The van der Waals surface area contributed by atoms with Crippen molar-refractivity contribution in [1.29, 1.82) is 0 Å². The lowest BCUT2D eigenvalue weighted by Crippen LogP contribution is -2.45. The lowest BCUT2D eigenvalue weighted by atomic mass is 10.0. The van der Waals surface area contributed by atoms with Crippen LogP contribution >= 0.6 is 0 Å². The Hall–Kier alpha value is -1.66. The highest BCUT2D eigenvalue weighted by Gasteiger charge is 2.20. The van der Waals surface area contributed by atoms with Gasteiger partial charge in [0.05, 0.1) is 25.4 Å². The fourth-order valence-corrected chi connectivity index (χ4v) is 12.2. The summed E-state index contributed by atoms with van der Waals surface area (Å²) in [5.74, 6) is -0.0136. The smallest absolute Gasteiger partial charge is 0.305 e. The average molecular weight is 1170 g/mol. The van der Waals surface area contributed by atoms with Crippen LogP contribution in [0.4, 0.5) is 0 Å². The summed E-state index contributed by atoms with van der Waals surface area (Å²) in [6.07, 6.45) is 92.5. The summed E-state index contributed by atoms with van der Waals surface area (Å²) in [5, 5.41) is 23.4. The number of rotatable bonds is 72. The van der Waals surface area contributed by atoms with Gasteiger partial charge in [-0.05, 0) is 57.8 Å². The van der Waals surface area contributed by atoms with Crippen LogP contribution in [0.1, 0.15) is 431 Å². The summed E-state index contributed by atoms with van der Waals surface area (Å²) in [4.78, 5) is 24.6. The van der Waals surface area contributed by atoms with Gasteiger partial charge in [0.15, 0.2) is 0 Å². The topological polar surface area (TPSA) is 95.9 Å². The SMILES string of the molecule is CCCCCCCCCCCCCCCCCCCCCCCCC(O)C(CO)NC(=O)CCCCCCCCCCCCCCCCC/C=C\C/C=C\CCCCCCCCCCCOC(=O)CCCCCCCCCCCCCCC. The van der Waals surface area contributed by atoms with Gasteiger partial charge in [0, 0.05) is 12.8 Å². The molecule has 1 amide bonds. The number of allylic oxidation sites excluding steroid dienone is 4. The Bertz CT molecular complexity index is 1300. The molecule has 0 heterocycles. The van der Waals surface area contributed by atoms with Gasteiger partial charge in [0.2, 0.25) is 5.91 Å². The van der Waals surface area contributed by atoms with Crippen LogP contribution in [-0.2, 0) is 14.3 Å².